The smallest absolute Gasteiger partial charge is 0.407 e. The van der Waals surface area contributed by atoms with Gasteiger partial charge in [0.25, 0.3) is 0 Å². The fraction of sp³-hybridized carbons (Fsp3) is 0.500. The molecule has 2 bridgehead atoms. The van der Waals surface area contributed by atoms with Crippen LogP contribution in [-0.4, -0.2) is 98.9 Å². The molecule has 2 aromatic carbocycles. The molecule has 4 amide bonds. The van der Waals surface area contributed by atoms with Gasteiger partial charge in [-0.3, -0.25) is 14.4 Å². The number of Topliss-reactive ketones (excluding diaryl/α,β-unsaturated/α-hetero) is 1. The van der Waals surface area contributed by atoms with Crippen molar-refractivity contribution < 1.29 is 33.4 Å². The molecule has 15 nitrogen and oxygen atoms in total. The molecule has 2 aliphatic heterocycles. The summed E-state index contributed by atoms with van der Waals surface area (Å²) in [5.74, 6) is 0.731. The van der Waals surface area contributed by atoms with Gasteiger partial charge in [0.15, 0.2) is 0 Å². The van der Waals surface area contributed by atoms with E-state index >= 15 is 0 Å². The number of carbonyl (C=O) groups is 5. The summed E-state index contributed by atoms with van der Waals surface area (Å²) in [6.45, 7) is 8.72. The molecule has 6 atom stereocenters. The number of hydrogen-bond donors (Lipinski definition) is 4. The minimum absolute atomic E-state index is 0.124. The molecular weight excluding hydrogens is 777 g/mol. The summed E-state index contributed by atoms with van der Waals surface area (Å²) in [7, 11) is 2.57. The normalized spacial score (nSPS) is 21.7. The van der Waals surface area contributed by atoms with E-state index in [0.29, 0.717) is 24.7 Å². The number of amides is 4. The van der Waals surface area contributed by atoms with Crippen LogP contribution < -0.4 is 10.6 Å². The Morgan fingerprint density at radius 2 is 1.10 bits per heavy atom. The van der Waals surface area contributed by atoms with Crippen molar-refractivity contribution in [1.82, 2.24) is 40.4 Å². The van der Waals surface area contributed by atoms with Crippen LogP contribution in [0.3, 0.4) is 0 Å². The third-order valence-electron chi connectivity index (χ3n) is 13.1. The Morgan fingerprint density at radius 1 is 0.639 bits per heavy atom. The van der Waals surface area contributed by atoms with Crippen molar-refractivity contribution in [1.29, 1.82) is 0 Å². The quantitative estimate of drug-likeness (QED) is 0.122. The topological polar surface area (TPSA) is 192 Å². The van der Waals surface area contributed by atoms with Crippen LogP contribution in [0.4, 0.5) is 9.59 Å². The molecule has 2 unspecified atom stereocenters. The molecule has 4 aromatic rings. The lowest BCUT2D eigenvalue weighted by atomic mass is 9.84. The van der Waals surface area contributed by atoms with Gasteiger partial charge in [0, 0.05) is 30.5 Å². The SMILES string of the molecule is COC(=O)N[C@H](C(=O)N1CCC[C@H]1c1ncc(-c2ccc(-c3ccc(-c4cnc([C@H]5CCCN5C(=O)[C@H](NC(=O)OC)C(C)C)[nH]4)c4c3C3CCCC4C3=O)cc2)[nH]1)C(C)C. The van der Waals surface area contributed by atoms with E-state index in [1.165, 1.54) is 14.2 Å². The van der Waals surface area contributed by atoms with Crippen LogP contribution in [-0.2, 0) is 23.9 Å². The Hall–Kier alpha value is -5.99. The van der Waals surface area contributed by atoms with Crippen molar-refractivity contribution in [2.24, 2.45) is 11.8 Å². The van der Waals surface area contributed by atoms with Gasteiger partial charge >= 0.3 is 12.2 Å². The Kier molecular flexibility index (Phi) is 11.7. The molecule has 322 valence electrons. The monoisotopic (exact) mass is 832 g/mol. The zero-order valence-corrected chi connectivity index (χ0v) is 35.7. The maximum Gasteiger partial charge on any atom is 0.407 e. The second kappa shape index (κ2) is 17.2. The Balaban J connectivity index is 1.04. The number of nitrogens with zero attached hydrogens (tertiary/aromatic N) is 4. The lowest BCUT2D eigenvalue weighted by Gasteiger charge is -2.30. The summed E-state index contributed by atoms with van der Waals surface area (Å²) in [5, 5.41) is 5.42. The summed E-state index contributed by atoms with van der Waals surface area (Å²) in [5.41, 5.74) is 7.78. The lowest BCUT2D eigenvalue weighted by Crippen LogP contribution is -2.51. The summed E-state index contributed by atoms with van der Waals surface area (Å²) < 4.78 is 9.58. The molecule has 2 aliphatic carbocycles. The number of likely N-dealkylation sites (tertiary alicyclic amines) is 2. The van der Waals surface area contributed by atoms with E-state index in [0.717, 1.165) is 89.7 Å². The number of alkyl carbamates (subject to hydrolysis) is 2. The van der Waals surface area contributed by atoms with Gasteiger partial charge in [-0.25, -0.2) is 19.6 Å². The number of methoxy groups -OCH3 is 2. The van der Waals surface area contributed by atoms with E-state index in [1.807, 2.05) is 33.9 Å². The number of hydrogen-bond acceptors (Lipinski definition) is 9. The first-order valence-electron chi connectivity index (χ1n) is 21.6. The highest BCUT2D eigenvalue weighted by molar-refractivity contribution is 6.02. The van der Waals surface area contributed by atoms with Crippen LogP contribution in [0.25, 0.3) is 33.6 Å². The van der Waals surface area contributed by atoms with Crippen LogP contribution in [0.15, 0.2) is 48.8 Å². The zero-order valence-electron chi connectivity index (χ0n) is 35.7. The van der Waals surface area contributed by atoms with E-state index in [1.54, 1.807) is 16.0 Å². The molecule has 2 saturated heterocycles. The first-order chi connectivity index (χ1) is 29.4. The average molecular weight is 833 g/mol. The maximum absolute atomic E-state index is 13.9. The molecule has 61 heavy (non-hydrogen) atoms. The summed E-state index contributed by atoms with van der Waals surface area (Å²) in [6, 6.07) is 10.6. The van der Waals surface area contributed by atoms with E-state index in [2.05, 4.69) is 57.0 Å². The number of ketones is 1. The number of imidazole rings is 2. The Labute approximate surface area is 355 Å². The van der Waals surface area contributed by atoms with Gasteiger partial charge in [0.1, 0.15) is 29.5 Å². The summed E-state index contributed by atoms with van der Waals surface area (Å²) >= 11 is 0. The highest BCUT2D eigenvalue weighted by Gasteiger charge is 2.45. The zero-order chi connectivity index (χ0) is 43.1. The van der Waals surface area contributed by atoms with E-state index in [4.69, 9.17) is 19.4 Å². The van der Waals surface area contributed by atoms with E-state index in [9.17, 15) is 24.0 Å². The van der Waals surface area contributed by atoms with E-state index in [-0.39, 0.29) is 53.4 Å². The van der Waals surface area contributed by atoms with Crippen molar-refractivity contribution >= 4 is 29.8 Å². The average Bonchev–Trinajstić information content (AvgIpc) is 4.12. The molecule has 2 aromatic heterocycles. The summed E-state index contributed by atoms with van der Waals surface area (Å²) in [6.07, 6.45) is 8.09. The fourth-order valence-corrected chi connectivity index (χ4v) is 10.0. The third kappa shape index (κ3) is 7.78. The van der Waals surface area contributed by atoms with Gasteiger partial charge in [0.05, 0.1) is 50.1 Å². The van der Waals surface area contributed by atoms with Gasteiger partial charge in [-0.2, -0.15) is 0 Å². The second-order valence-electron chi connectivity index (χ2n) is 17.5. The third-order valence-corrected chi connectivity index (χ3v) is 13.1. The number of aromatic amines is 2. The molecule has 0 spiro atoms. The molecule has 4 N–H and O–H groups in total. The molecule has 8 rings (SSSR count). The van der Waals surface area contributed by atoms with Gasteiger partial charge in [-0.15, -0.1) is 0 Å². The standard InChI is InChI=1S/C46H56N8O7/c1-24(2)38(51-45(58)60-5)43(56)53-20-8-12-34(53)41-47-22-32(49-41)27-16-14-26(15-17-27)28-18-19-29(37-31-11-7-10-30(36(28)37)40(31)55)33-23-48-42(50-33)35-13-9-21-54(35)44(57)39(25(3)4)52-46(59)61-6/h14-19,22-25,30-31,34-35,38-39H,7-13,20-21H2,1-6H3,(H,47,49)(H,48,50)(H,51,58)(H,52,59)/t30?,31?,34-,35+,38-,39+/m0/s1. The molecular formula is C46H56N8O7. The van der Waals surface area contributed by atoms with Gasteiger partial charge in [0.2, 0.25) is 11.8 Å². The molecule has 4 heterocycles. The van der Waals surface area contributed by atoms with Crippen LogP contribution in [0.2, 0.25) is 0 Å². The minimum Gasteiger partial charge on any atom is -0.453 e. The highest BCUT2D eigenvalue weighted by atomic mass is 16.5. The van der Waals surface area contributed by atoms with Crippen molar-refractivity contribution in [2.75, 3.05) is 27.3 Å². The van der Waals surface area contributed by atoms with Crippen LogP contribution in [0.5, 0.6) is 0 Å². The number of benzene rings is 2. The van der Waals surface area contributed by atoms with Crippen molar-refractivity contribution in [3.8, 4) is 33.6 Å². The number of aromatic nitrogens is 4. The molecule has 0 radical (unpaired) electrons. The van der Waals surface area contributed by atoms with Gasteiger partial charge in [-0.05, 0) is 78.2 Å². The first-order valence-corrected chi connectivity index (χ1v) is 21.6. The number of ether oxygens (including phenoxy) is 2. The number of carbonyl (C=O) groups excluding carboxylic acids is 5. The van der Waals surface area contributed by atoms with Crippen molar-refractivity contribution in [3.63, 3.8) is 0 Å². The predicted molar refractivity (Wildman–Crippen MR) is 227 cm³/mol. The number of nitrogens with one attached hydrogen (secondary N) is 4. The lowest BCUT2D eigenvalue weighted by molar-refractivity contribution is -0.136. The van der Waals surface area contributed by atoms with Crippen molar-refractivity contribution in [2.45, 2.75) is 109 Å². The first kappa shape index (κ1) is 41.7. The number of rotatable bonds is 11. The van der Waals surface area contributed by atoms with Crippen molar-refractivity contribution in [3.05, 3.63) is 71.6 Å². The second-order valence-corrected chi connectivity index (χ2v) is 17.5. The summed E-state index contributed by atoms with van der Waals surface area (Å²) in [4.78, 5) is 85.7. The Bertz CT molecular complexity index is 2320. The van der Waals surface area contributed by atoms with Gasteiger partial charge < -0.3 is 39.9 Å². The van der Waals surface area contributed by atoms with Crippen LogP contribution in [0, 0.1) is 11.8 Å². The Morgan fingerprint density at radius 3 is 1.61 bits per heavy atom. The van der Waals surface area contributed by atoms with Crippen LogP contribution >= 0.6 is 0 Å². The molecule has 4 aliphatic rings. The number of fused-ring (bicyclic) bond motifs is 5. The van der Waals surface area contributed by atoms with Gasteiger partial charge in [-0.1, -0.05) is 70.5 Å². The number of H-pyrrole nitrogens is 2. The molecule has 1 saturated carbocycles. The largest absolute Gasteiger partial charge is 0.453 e. The van der Waals surface area contributed by atoms with Crippen LogP contribution in [0.1, 0.15) is 119 Å². The maximum atomic E-state index is 13.9. The predicted octanol–water partition coefficient (Wildman–Crippen LogP) is 7.16. The fourth-order valence-electron chi connectivity index (χ4n) is 10.0. The molecule has 3 fully saturated rings. The highest BCUT2D eigenvalue weighted by Crippen LogP contribution is 2.54. The minimum atomic E-state index is -0.725. The van der Waals surface area contributed by atoms with E-state index < -0.39 is 24.3 Å². The molecule has 15 heteroatoms.